The van der Waals surface area contributed by atoms with E-state index in [1.165, 1.54) is 4.79 Å². The van der Waals surface area contributed by atoms with E-state index >= 15 is 0 Å². The lowest BCUT2D eigenvalue weighted by atomic mass is 10.2. The summed E-state index contributed by atoms with van der Waals surface area (Å²) in [7, 11) is 4.66. The zero-order valence-corrected chi connectivity index (χ0v) is 14.6. The van der Waals surface area contributed by atoms with Gasteiger partial charge >= 0.3 is 0 Å². The summed E-state index contributed by atoms with van der Waals surface area (Å²) in [6.07, 6.45) is 1.58. The van der Waals surface area contributed by atoms with Crippen LogP contribution < -0.4 is 19.5 Å². The van der Waals surface area contributed by atoms with Crippen molar-refractivity contribution >= 4 is 17.9 Å². The fourth-order valence-corrected chi connectivity index (χ4v) is 2.33. The van der Waals surface area contributed by atoms with Gasteiger partial charge in [-0.1, -0.05) is 28.1 Å². The number of hydrogen-bond donors (Lipinski definition) is 1. The highest BCUT2D eigenvalue weighted by Gasteiger charge is 2.15. The molecule has 9 heteroatoms. The third-order valence-corrected chi connectivity index (χ3v) is 3.52. The lowest BCUT2D eigenvalue weighted by molar-refractivity contribution is 0.324. The Morgan fingerprint density at radius 3 is 2.42 bits per heavy atom. The molecule has 26 heavy (non-hydrogen) atoms. The zero-order chi connectivity index (χ0) is 18.4. The first-order valence-electron chi connectivity index (χ1n) is 7.70. The maximum Gasteiger partial charge on any atom is 0.269 e. The van der Waals surface area contributed by atoms with Crippen molar-refractivity contribution in [3.8, 4) is 17.2 Å². The van der Waals surface area contributed by atoms with Crippen molar-refractivity contribution in [2.75, 3.05) is 26.6 Å². The first-order chi connectivity index (χ1) is 12.8. The van der Waals surface area contributed by atoms with Crippen LogP contribution in [0.1, 0.15) is 5.56 Å². The summed E-state index contributed by atoms with van der Waals surface area (Å²) in [4.78, 5) is 1.28. The summed E-state index contributed by atoms with van der Waals surface area (Å²) < 4.78 is 16.1. The van der Waals surface area contributed by atoms with Crippen LogP contribution in [0.3, 0.4) is 0 Å². The molecule has 134 valence electrons. The first-order valence-corrected chi connectivity index (χ1v) is 7.70. The molecule has 2 aromatic carbocycles. The Morgan fingerprint density at radius 1 is 0.962 bits per heavy atom. The number of para-hydroxylation sites is 1. The van der Waals surface area contributed by atoms with Crippen LogP contribution in [0.2, 0.25) is 0 Å². The molecule has 0 aliphatic rings. The quantitative estimate of drug-likeness (QED) is 0.651. The molecule has 0 saturated carbocycles. The Morgan fingerprint density at radius 2 is 1.73 bits per heavy atom. The van der Waals surface area contributed by atoms with Gasteiger partial charge in [-0.25, -0.2) is 0 Å². The maximum absolute atomic E-state index is 5.43. The number of aromatic nitrogens is 4. The molecule has 0 atom stereocenters. The SMILES string of the molecule is COc1ccc(/C=N/n2nnnc2Nc2ccccc2)c(OC)c1OC. The lowest BCUT2D eigenvalue weighted by Crippen LogP contribution is -2.02. The second-order valence-electron chi connectivity index (χ2n) is 5.05. The number of methoxy groups -OCH3 is 3. The van der Waals surface area contributed by atoms with Crippen LogP contribution in [0.4, 0.5) is 11.6 Å². The van der Waals surface area contributed by atoms with E-state index in [-0.39, 0.29) is 0 Å². The van der Waals surface area contributed by atoms with E-state index < -0.39 is 0 Å². The van der Waals surface area contributed by atoms with Crippen LogP contribution in [0, 0.1) is 0 Å². The van der Waals surface area contributed by atoms with Gasteiger partial charge in [0.25, 0.3) is 5.95 Å². The van der Waals surface area contributed by atoms with Crippen LogP contribution in [0.25, 0.3) is 0 Å². The van der Waals surface area contributed by atoms with Crippen LogP contribution in [0.5, 0.6) is 17.2 Å². The molecule has 0 amide bonds. The number of anilines is 2. The van der Waals surface area contributed by atoms with Crippen LogP contribution in [-0.2, 0) is 0 Å². The number of ether oxygens (including phenoxy) is 3. The smallest absolute Gasteiger partial charge is 0.269 e. The monoisotopic (exact) mass is 354 g/mol. The molecule has 3 rings (SSSR count). The predicted octanol–water partition coefficient (Wildman–Crippen LogP) is 2.32. The van der Waals surface area contributed by atoms with E-state index in [0.29, 0.717) is 28.8 Å². The predicted molar refractivity (Wildman–Crippen MR) is 96.6 cm³/mol. The first kappa shape index (κ1) is 17.2. The topological polar surface area (TPSA) is 95.7 Å². The van der Waals surface area contributed by atoms with Crippen molar-refractivity contribution in [3.63, 3.8) is 0 Å². The average Bonchev–Trinajstić information content (AvgIpc) is 3.13. The summed E-state index contributed by atoms with van der Waals surface area (Å²) >= 11 is 0. The molecule has 0 unspecified atom stereocenters. The van der Waals surface area contributed by atoms with Crippen LogP contribution >= 0.6 is 0 Å². The molecule has 0 aliphatic heterocycles. The Kier molecular flexibility index (Phi) is 5.28. The normalized spacial score (nSPS) is 10.7. The molecule has 0 aliphatic carbocycles. The van der Waals surface area contributed by atoms with Gasteiger partial charge in [0.1, 0.15) is 0 Å². The molecule has 3 aromatic rings. The van der Waals surface area contributed by atoms with Gasteiger partial charge in [0.05, 0.1) is 27.5 Å². The highest BCUT2D eigenvalue weighted by atomic mass is 16.5. The van der Waals surface area contributed by atoms with Crippen molar-refractivity contribution in [1.29, 1.82) is 0 Å². The molecule has 9 nitrogen and oxygen atoms in total. The zero-order valence-electron chi connectivity index (χ0n) is 14.6. The van der Waals surface area contributed by atoms with Crippen molar-refractivity contribution in [1.82, 2.24) is 20.3 Å². The Labute approximate surface area is 150 Å². The van der Waals surface area contributed by atoms with Crippen LogP contribution in [-0.4, -0.2) is 47.9 Å². The molecule has 1 aromatic heterocycles. The van der Waals surface area contributed by atoms with Crippen molar-refractivity contribution < 1.29 is 14.2 Å². The Bertz CT molecular complexity index is 895. The number of hydrogen-bond acceptors (Lipinski definition) is 8. The summed E-state index contributed by atoms with van der Waals surface area (Å²) in [6.45, 7) is 0. The Balaban J connectivity index is 1.88. The van der Waals surface area contributed by atoms with Gasteiger partial charge in [-0.2, -0.15) is 5.10 Å². The van der Waals surface area contributed by atoms with Gasteiger partial charge in [-0.05, 0) is 34.7 Å². The van der Waals surface area contributed by atoms with Gasteiger partial charge in [0, 0.05) is 11.3 Å². The largest absolute Gasteiger partial charge is 0.493 e. The highest BCUT2D eigenvalue weighted by molar-refractivity contribution is 5.86. The maximum atomic E-state index is 5.43. The van der Waals surface area contributed by atoms with E-state index in [1.807, 2.05) is 30.3 Å². The van der Waals surface area contributed by atoms with E-state index in [0.717, 1.165) is 5.69 Å². The standard InChI is InChI=1S/C17H18N6O3/c1-24-14-10-9-12(15(25-2)16(14)26-3)11-18-23-17(20-21-22-23)19-13-7-5-4-6-8-13/h4-11H,1-3H3,(H,19,20,22)/b18-11+. The van der Waals surface area contributed by atoms with Crippen LogP contribution in [0.15, 0.2) is 47.6 Å². The van der Waals surface area contributed by atoms with E-state index in [1.54, 1.807) is 39.7 Å². The van der Waals surface area contributed by atoms with E-state index in [9.17, 15) is 0 Å². The van der Waals surface area contributed by atoms with Crippen molar-refractivity contribution in [2.45, 2.75) is 0 Å². The molecule has 0 radical (unpaired) electrons. The second kappa shape index (κ2) is 7.97. The number of nitrogens with zero attached hydrogens (tertiary/aromatic N) is 5. The van der Waals surface area contributed by atoms with Gasteiger partial charge in [-0.15, -0.1) is 0 Å². The molecule has 0 spiro atoms. The molecule has 1 heterocycles. The van der Waals surface area contributed by atoms with Gasteiger partial charge in [0.2, 0.25) is 5.75 Å². The minimum absolute atomic E-state index is 0.381. The van der Waals surface area contributed by atoms with Gasteiger partial charge < -0.3 is 19.5 Å². The average molecular weight is 354 g/mol. The summed E-state index contributed by atoms with van der Waals surface area (Å²) in [5.41, 5.74) is 1.54. The second-order valence-corrected chi connectivity index (χ2v) is 5.05. The molecule has 0 saturated heterocycles. The number of rotatable bonds is 7. The molecular formula is C17H18N6O3. The van der Waals surface area contributed by atoms with Gasteiger partial charge in [-0.3, -0.25) is 0 Å². The summed E-state index contributed by atoms with van der Waals surface area (Å²) in [6, 6.07) is 13.1. The van der Waals surface area contributed by atoms with Gasteiger partial charge in [0.15, 0.2) is 11.5 Å². The van der Waals surface area contributed by atoms with Crippen molar-refractivity contribution in [2.24, 2.45) is 5.10 Å². The fourth-order valence-electron chi connectivity index (χ4n) is 2.33. The lowest BCUT2D eigenvalue weighted by Gasteiger charge is -2.13. The summed E-state index contributed by atoms with van der Waals surface area (Å²) in [5, 5.41) is 18.8. The molecule has 1 N–H and O–H groups in total. The van der Waals surface area contributed by atoms with E-state index in [4.69, 9.17) is 14.2 Å². The third kappa shape index (κ3) is 3.56. The van der Waals surface area contributed by atoms with Crippen molar-refractivity contribution in [3.05, 3.63) is 48.0 Å². The molecular weight excluding hydrogens is 336 g/mol. The molecule has 0 bridgehead atoms. The molecule has 0 fully saturated rings. The summed E-state index contributed by atoms with van der Waals surface area (Å²) in [5.74, 6) is 1.93. The third-order valence-electron chi connectivity index (χ3n) is 3.52. The minimum atomic E-state index is 0.381. The minimum Gasteiger partial charge on any atom is -0.493 e. The number of benzene rings is 2. The Hall–Kier alpha value is -3.62. The highest BCUT2D eigenvalue weighted by Crippen LogP contribution is 2.39. The fraction of sp³-hybridized carbons (Fsp3) is 0.176. The van der Waals surface area contributed by atoms with E-state index in [2.05, 4.69) is 25.9 Å². The number of nitrogens with one attached hydrogen (secondary N) is 1. The number of tetrazole rings is 1.